The Morgan fingerprint density at radius 2 is 2.17 bits per heavy atom. The highest BCUT2D eigenvalue weighted by molar-refractivity contribution is 5.94. The monoisotopic (exact) mass is 251 g/mol. The van der Waals surface area contributed by atoms with Crippen LogP contribution in [0, 0.1) is 0 Å². The lowest BCUT2D eigenvalue weighted by atomic mass is 10.2. The summed E-state index contributed by atoms with van der Waals surface area (Å²) in [5.41, 5.74) is 5.81. The van der Waals surface area contributed by atoms with Gasteiger partial charge in [-0.1, -0.05) is 12.1 Å². The predicted molar refractivity (Wildman–Crippen MR) is 67.0 cm³/mol. The van der Waals surface area contributed by atoms with E-state index in [0.29, 0.717) is 13.2 Å². The van der Waals surface area contributed by atoms with Gasteiger partial charge in [-0.2, -0.15) is 0 Å². The minimum Gasteiger partial charge on any atom is -0.494 e. The van der Waals surface area contributed by atoms with Gasteiger partial charge in [0.2, 0.25) is 5.91 Å². The van der Waals surface area contributed by atoms with Crippen LogP contribution in [0.1, 0.15) is 12.5 Å². The van der Waals surface area contributed by atoms with Crippen molar-refractivity contribution in [2.24, 2.45) is 5.73 Å². The van der Waals surface area contributed by atoms with Crippen molar-refractivity contribution >= 4 is 11.9 Å². The summed E-state index contributed by atoms with van der Waals surface area (Å²) in [6, 6.07) is 6.71. The van der Waals surface area contributed by atoms with Gasteiger partial charge in [-0.05, 0) is 24.6 Å². The first kappa shape index (κ1) is 14.0. The third-order valence-electron chi connectivity index (χ3n) is 2.09. The molecule has 0 aliphatic rings. The van der Waals surface area contributed by atoms with Gasteiger partial charge >= 0.3 is 6.03 Å². The summed E-state index contributed by atoms with van der Waals surface area (Å²) < 4.78 is 5.36. The van der Waals surface area contributed by atoms with Crippen LogP contribution in [0.25, 0.3) is 0 Å². The van der Waals surface area contributed by atoms with E-state index in [1.54, 1.807) is 0 Å². The SMILES string of the molecule is CCOc1cccc(CNCC(=O)NC(N)=O)c1. The summed E-state index contributed by atoms with van der Waals surface area (Å²) >= 11 is 0. The zero-order valence-electron chi connectivity index (χ0n) is 10.2. The molecule has 1 rings (SSSR count). The molecule has 6 nitrogen and oxygen atoms in total. The number of ether oxygens (including phenoxy) is 1. The van der Waals surface area contributed by atoms with Crippen LogP contribution in [-0.2, 0) is 11.3 Å². The Kier molecular flexibility index (Phi) is 5.66. The summed E-state index contributed by atoms with van der Waals surface area (Å²) in [6.07, 6.45) is 0. The number of carbonyl (C=O) groups is 2. The highest BCUT2D eigenvalue weighted by Crippen LogP contribution is 2.12. The fraction of sp³-hybridized carbons (Fsp3) is 0.333. The van der Waals surface area contributed by atoms with Gasteiger partial charge in [0.15, 0.2) is 0 Å². The van der Waals surface area contributed by atoms with Crippen LogP contribution in [0.2, 0.25) is 0 Å². The number of amides is 3. The molecule has 98 valence electrons. The second-order valence-electron chi connectivity index (χ2n) is 3.60. The van der Waals surface area contributed by atoms with Crippen LogP contribution in [0.15, 0.2) is 24.3 Å². The molecule has 0 bridgehead atoms. The first-order chi connectivity index (χ1) is 8.61. The van der Waals surface area contributed by atoms with Crippen molar-refractivity contribution in [3.8, 4) is 5.75 Å². The number of rotatable bonds is 6. The van der Waals surface area contributed by atoms with Crippen molar-refractivity contribution in [3.63, 3.8) is 0 Å². The van der Waals surface area contributed by atoms with Crippen molar-refractivity contribution in [3.05, 3.63) is 29.8 Å². The Labute approximate surface area is 105 Å². The fourth-order valence-electron chi connectivity index (χ4n) is 1.41. The Balaban J connectivity index is 2.37. The number of urea groups is 1. The minimum absolute atomic E-state index is 0.0296. The van der Waals surface area contributed by atoms with E-state index in [1.807, 2.05) is 36.5 Å². The van der Waals surface area contributed by atoms with Crippen LogP contribution >= 0.6 is 0 Å². The van der Waals surface area contributed by atoms with Gasteiger partial charge in [-0.3, -0.25) is 10.1 Å². The van der Waals surface area contributed by atoms with Crippen LogP contribution in [-0.4, -0.2) is 25.1 Å². The second kappa shape index (κ2) is 7.29. The summed E-state index contributed by atoms with van der Waals surface area (Å²) in [5, 5.41) is 4.87. The van der Waals surface area contributed by atoms with E-state index in [-0.39, 0.29) is 6.54 Å². The van der Waals surface area contributed by atoms with Crippen molar-refractivity contribution in [1.29, 1.82) is 0 Å². The largest absolute Gasteiger partial charge is 0.494 e. The predicted octanol–water partition coefficient (Wildman–Crippen LogP) is 0.370. The molecule has 0 atom stereocenters. The van der Waals surface area contributed by atoms with Crippen molar-refractivity contribution in [2.45, 2.75) is 13.5 Å². The van der Waals surface area contributed by atoms with E-state index in [2.05, 4.69) is 5.32 Å². The van der Waals surface area contributed by atoms with Gasteiger partial charge in [-0.25, -0.2) is 4.79 Å². The molecule has 0 radical (unpaired) electrons. The smallest absolute Gasteiger partial charge is 0.318 e. The maximum Gasteiger partial charge on any atom is 0.318 e. The molecule has 0 spiro atoms. The number of hydrogen-bond donors (Lipinski definition) is 3. The average Bonchev–Trinajstić information content (AvgIpc) is 2.29. The Hall–Kier alpha value is -2.08. The molecule has 0 saturated heterocycles. The number of primary amides is 1. The Morgan fingerprint density at radius 3 is 2.83 bits per heavy atom. The quantitative estimate of drug-likeness (QED) is 0.681. The van der Waals surface area contributed by atoms with E-state index in [4.69, 9.17) is 10.5 Å². The highest BCUT2D eigenvalue weighted by Gasteiger charge is 2.03. The van der Waals surface area contributed by atoms with E-state index < -0.39 is 11.9 Å². The number of carbonyl (C=O) groups excluding carboxylic acids is 2. The molecule has 0 heterocycles. The Bertz CT molecular complexity index is 421. The number of imide groups is 1. The van der Waals surface area contributed by atoms with Gasteiger partial charge in [-0.15, -0.1) is 0 Å². The highest BCUT2D eigenvalue weighted by atomic mass is 16.5. The van der Waals surface area contributed by atoms with Crippen molar-refractivity contribution < 1.29 is 14.3 Å². The molecular weight excluding hydrogens is 234 g/mol. The van der Waals surface area contributed by atoms with Crippen molar-refractivity contribution in [1.82, 2.24) is 10.6 Å². The summed E-state index contributed by atoms with van der Waals surface area (Å²) in [4.78, 5) is 21.5. The van der Waals surface area contributed by atoms with Gasteiger partial charge in [0.1, 0.15) is 5.75 Å². The zero-order valence-corrected chi connectivity index (χ0v) is 10.2. The molecule has 0 unspecified atom stereocenters. The lowest BCUT2D eigenvalue weighted by molar-refractivity contribution is -0.119. The van der Waals surface area contributed by atoms with Crippen LogP contribution in [0.3, 0.4) is 0 Å². The molecule has 0 saturated carbocycles. The molecule has 0 fully saturated rings. The molecule has 0 aliphatic heterocycles. The fourth-order valence-corrected chi connectivity index (χ4v) is 1.41. The topological polar surface area (TPSA) is 93.4 Å². The molecule has 1 aromatic rings. The average molecular weight is 251 g/mol. The normalized spacial score (nSPS) is 9.83. The summed E-state index contributed by atoms with van der Waals surface area (Å²) in [6.45, 7) is 3.06. The molecule has 0 aromatic heterocycles. The molecule has 3 amide bonds. The van der Waals surface area contributed by atoms with Crippen molar-refractivity contribution in [2.75, 3.05) is 13.2 Å². The van der Waals surface area contributed by atoms with Crippen LogP contribution in [0.5, 0.6) is 5.75 Å². The molecule has 0 aliphatic carbocycles. The van der Waals surface area contributed by atoms with E-state index >= 15 is 0 Å². The first-order valence-corrected chi connectivity index (χ1v) is 5.63. The number of hydrogen-bond acceptors (Lipinski definition) is 4. The summed E-state index contributed by atoms with van der Waals surface area (Å²) in [7, 11) is 0. The minimum atomic E-state index is -0.847. The van der Waals surface area contributed by atoms with Gasteiger partial charge in [0.05, 0.1) is 13.2 Å². The number of nitrogens with two attached hydrogens (primary N) is 1. The lowest BCUT2D eigenvalue weighted by Crippen LogP contribution is -2.40. The first-order valence-electron chi connectivity index (χ1n) is 5.63. The zero-order chi connectivity index (χ0) is 13.4. The Morgan fingerprint density at radius 1 is 1.39 bits per heavy atom. The molecule has 1 aromatic carbocycles. The molecular formula is C12H17N3O3. The molecule has 4 N–H and O–H groups in total. The van der Waals surface area contributed by atoms with E-state index in [0.717, 1.165) is 11.3 Å². The number of benzene rings is 1. The molecule has 18 heavy (non-hydrogen) atoms. The van der Waals surface area contributed by atoms with E-state index in [9.17, 15) is 9.59 Å². The molecule has 6 heteroatoms. The third kappa shape index (κ3) is 5.31. The van der Waals surface area contributed by atoms with Gasteiger partial charge in [0.25, 0.3) is 0 Å². The lowest BCUT2D eigenvalue weighted by Gasteiger charge is -2.07. The van der Waals surface area contributed by atoms with Crippen LogP contribution < -0.4 is 21.1 Å². The second-order valence-corrected chi connectivity index (χ2v) is 3.60. The number of nitrogens with one attached hydrogen (secondary N) is 2. The van der Waals surface area contributed by atoms with Gasteiger partial charge < -0.3 is 15.8 Å². The standard InChI is InChI=1S/C12H17N3O3/c1-2-18-10-5-3-4-9(6-10)7-14-8-11(16)15-12(13)17/h3-6,14H,2,7-8H2,1H3,(H3,13,15,16,17). The maximum atomic E-state index is 11.1. The maximum absolute atomic E-state index is 11.1. The van der Waals surface area contributed by atoms with Gasteiger partial charge in [0, 0.05) is 6.54 Å². The third-order valence-corrected chi connectivity index (χ3v) is 2.09. The summed E-state index contributed by atoms with van der Waals surface area (Å²) in [5.74, 6) is 0.335. The van der Waals surface area contributed by atoms with Crippen LogP contribution in [0.4, 0.5) is 4.79 Å². The van der Waals surface area contributed by atoms with E-state index in [1.165, 1.54) is 0 Å².